The van der Waals surface area contributed by atoms with E-state index < -0.39 is 0 Å². The molecule has 0 bridgehead atoms. The van der Waals surface area contributed by atoms with Crippen LogP contribution in [-0.2, 0) is 4.79 Å². The molecule has 1 heterocycles. The Morgan fingerprint density at radius 3 is 2.81 bits per heavy atom. The summed E-state index contributed by atoms with van der Waals surface area (Å²) in [6.07, 6.45) is 0. The molecule has 5 nitrogen and oxygen atoms in total. The van der Waals surface area contributed by atoms with Gasteiger partial charge in [-0.1, -0.05) is 12.1 Å². The molecule has 1 saturated heterocycles. The highest BCUT2D eigenvalue weighted by atomic mass is 35.5. The van der Waals surface area contributed by atoms with Gasteiger partial charge in [0.15, 0.2) is 0 Å². The summed E-state index contributed by atoms with van der Waals surface area (Å²) in [5.74, 6) is 0.878. The molecular formula is C14H23Cl2N3O2. The fourth-order valence-corrected chi connectivity index (χ4v) is 2.27. The highest BCUT2D eigenvalue weighted by Crippen LogP contribution is 2.22. The third kappa shape index (κ3) is 5.26. The van der Waals surface area contributed by atoms with E-state index in [1.807, 2.05) is 29.2 Å². The predicted molar refractivity (Wildman–Crippen MR) is 90.0 cm³/mol. The lowest BCUT2D eigenvalue weighted by molar-refractivity contribution is -0.132. The van der Waals surface area contributed by atoms with Crippen molar-refractivity contribution < 1.29 is 9.53 Å². The van der Waals surface area contributed by atoms with Crippen molar-refractivity contribution in [3.8, 4) is 5.75 Å². The van der Waals surface area contributed by atoms with E-state index in [-0.39, 0.29) is 36.8 Å². The van der Waals surface area contributed by atoms with Gasteiger partial charge in [0, 0.05) is 25.7 Å². The van der Waals surface area contributed by atoms with Gasteiger partial charge < -0.3 is 20.3 Å². The zero-order chi connectivity index (χ0) is 13.7. The first-order valence-electron chi connectivity index (χ1n) is 6.59. The molecule has 0 aromatic heterocycles. The van der Waals surface area contributed by atoms with Crippen molar-refractivity contribution in [1.82, 2.24) is 10.2 Å². The second kappa shape index (κ2) is 9.71. The molecule has 1 aliphatic heterocycles. The Hall–Kier alpha value is -1.17. The van der Waals surface area contributed by atoms with Crippen LogP contribution in [0, 0.1) is 0 Å². The molecule has 120 valence electrons. The van der Waals surface area contributed by atoms with E-state index in [1.54, 1.807) is 7.11 Å². The number of anilines is 1. The molecule has 0 unspecified atom stereocenters. The number of halogens is 2. The van der Waals surface area contributed by atoms with Crippen LogP contribution in [-0.4, -0.2) is 50.1 Å². The van der Waals surface area contributed by atoms with Gasteiger partial charge in [0.1, 0.15) is 5.75 Å². The molecular weight excluding hydrogens is 313 g/mol. The number of carbonyl (C=O) groups excluding carboxylic acids is 1. The smallest absolute Gasteiger partial charge is 0.242 e. The molecule has 7 heteroatoms. The molecule has 0 aliphatic carbocycles. The van der Waals surface area contributed by atoms with Gasteiger partial charge in [-0.3, -0.25) is 4.79 Å². The summed E-state index contributed by atoms with van der Waals surface area (Å²) in [5.41, 5.74) is 0.848. The average Bonchev–Trinajstić information content (AvgIpc) is 2.45. The Bertz CT molecular complexity index is 446. The van der Waals surface area contributed by atoms with Crippen LogP contribution < -0.4 is 15.4 Å². The lowest BCUT2D eigenvalue weighted by atomic mass is 10.2. The van der Waals surface area contributed by atoms with Crippen molar-refractivity contribution in [2.75, 3.05) is 38.6 Å². The van der Waals surface area contributed by atoms with E-state index in [0.29, 0.717) is 6.54 Å². The third-order valence-corrected chi connectivity index (χ3v) is 3.36. The number of para-hydroxylation sites is 2. The van der Waals surface area contributed by atoms with Gasteiger partial charge in [0.25, 0.3) is 0 Å². The summed E-state index contributed by atoms with van der Waals surface area (Å²) in [6.45, 7) is 4.86. The molecule has 1 aromatic rings. The van der Waals surface area contributed by atoms with Crippen molar-refractivity contribution in [3.63, 3.8) is 0 Å². The topological polar surface area (TPSA) is 53.6 Å². The van der Waals surface area contributed by atoms with Gasteiger partial charge in [0.2, 0.25) is 5.91 Å². The predicted octanol–water partition coefficient (Wildman–Crippen LogP) is 1.77. The molecule has 1 aliphatic rings. The zero-order valence-electron chi connectivity index (χ0n) is 12.3. The van der Waals surface area contributed by atoms with Crippen LogP contribution in [0.15, 0.2) is 24.3 Å². The molecule has 1 aromatic carbocycles. The number of hydrogen-bond donors (Lipinski definition) is 2. The Morgan fingerprint density at radius 1 is 1.43 bits per heavy atom. The standard InChI is InChI=1S/C14H21N3O2.2ClH/c1-11-9-15-7-8-17(11)14(18)10-16-12-5-3-4-6-13(12)19-2;;/h3-6,11,15-16H,7-10H2,1-2H3;2*1H/t11-;;/m1../s1. The molecule has 0 radical (unpaired) electrons. The maximum absolute atomic E-state index is 12.2. The Kier molecular flexibility index (Phi) is 9.17. The first-order chi connectivity index (χ1) is 9.22. The number of nitrogens with zero attached hydrogens (tertiary/aromatic N) is 1. The summed E-state index contributed by atoms with van der Waals surface area (Å²) in [6, 6.07) is 7.86. The van der Waals surface area contributed by atoms with Crippen LogP contribution in [0.1, 0.15) is 6.92 Å². The lowest BCUT2D eigenvalue weighted by Gasteiger charge is -2.34. The molecule has 0 saturated carbocycles. The normalized spacial score (nSPS) is 17.2. The molecule has 0 spiro atoms. The first kappa shape index (κ1) is 19.8. The summed E-state index contributed by atoms with van der Waals surface area (Å²) >= 11 is 0. The fraction of sp³-hybridized carbons (Fsp3) is 0.500. The van der Waals surface area contributed by atoms with Gasteiger partial charge in [0.05, 0.1) is 19.3 Å². The average molecular weight is 336 g/mol. The van der Waals surface area contributed by atoms with Crippen LogP contribution >= 0.6 is 24.8 Å². The van der Waals surface area contributed by atoms with Crippen molar-refractivity contribution >= 4 is 36.4 Å². The first-order valence-corrected chi connectivity index (χ1v) is 6.59. The second-order valence-corrected chi connectivity index (χ2v) is 4.69. The van der Waals surface area contributed by atoms with E-state index >= 15 is 0 Å². The quantitative estimate of drug-likeness (QED) is 0.880. The molecule has 21 heavy (non-hydrogen) atoms. The minimum absolute atomic E-state index is 0. The number of benzene rings is 1. The highest BCUT2D eigenvalue weighted by Gasteiger charge is 2.22. The summed E-state index contributed by atoms with van der Waals surface area (Å²) in [5, 5.41) is 6.42. The van der Waals surface area contributed by atoms with E-state index in [4.69, 9.17) is 4.74 Å². The maximum atomic E-state index is 12.2. The van der Waals surface area contributed by atoms with Gasteiger partial charge >= 0.3 is 0 Å². The number of piperazine rings is 1. The molecule has 1 amide bonds. The third-order valence-electron chi connectivity index (χ3n) is 3.36. The maximum Gasteiger partial charge on any atom is 0.242 e. The van der Waals surface area contributed by atoms with Crippen LogP contribution in [0.2, 0.25) is 0 Å². The van der Waals surface area contributed by atoms with Gasteiger partial charge in [-0.15, -0.1) is 24.8 Å². The Morgan fingerprint density at radius 2 is 2.14 bits per heavy atom. The number of ether oxygens (including phenoxy) is 1. The summed E-state index contributed by atoms with van der Waals surface area (Å²) < 4.78 is 5.25. The van der Waals surface area contributed by atoms with Crippen molar-refractivity contribution in [3.05, 3.63) is 24.3 Å². The number of amides is 1. The van der Waals surface area contributed by atoms with E-state index in [1.165, 1.54) is 0 Å². The van der Waals surface area contributed by atoms with Crippen LogP contribution in [0.3, 0.4) is 0 Å². The number of rotatable bonds is 4. The van der Waals surface area contributed by atoms with Crippen LogP contribution in [0.5, 0.6) is 5.75 Å². The molecule has 2 rings (SSSR count). The van der Waals surface area contributed by atoms with E-state index in [2.05, 4.69) is 17.6 Å². The van der Waals surface area contributed by atoms with Gasteiger partial charge in [-0.05, 0) is 19.1 Å². The monoisotopic (exact) mass is 335 g/mol. The summed E-state index contributed by atoms with van der Waals surface area (Å²) in [7, 11) is 1.63. The van der Waals surface area contributed by atoms with Crippen molar-refractivity contribution in [1.29, 1.82) is 0 Å². The SMILES string of the molecule is COc1ccccc1NCC(=O)N1CCNC[C@H]1C.Cl.Cl. The Balaban J connectivity index is 0.00000200. The number of methoxy groups -OCH3 is 1. The van der Waals surface area contributed by atoms with Gasteiger partial charge in [-0.25, -0.2) is 0 Å². The highest BCUT2D eigenvalue weighted by molar-refractivity contribution is 5.85. The summed E-state index contributed by atoms with van der Waals surface area (Å²) in [4.78, 5) is 14.1. The van der Waals surface area contributed by atoms with Crippen molar-refractivity contribution in [2.45, 2.75) is 13.0 Å². The Labute approximate surface area is 138 Å². The second-order valence-electron chi connectivity index (χ2n) is 4.69. The van der Waals surface area contributed by atoms with E-state index in [9.17, 15) is 4.79 Å². The van der Waals surface area contributed by atoms with Crippen molar-refractivity contribution in [2.24, 2.45) is 0 Å². The van der Waals surface area contributed by atoms with Crippen LogP contribution in [0.4, 0.5) is 5.69 Å². The number of carbonyl (C=O) groups is 1. The van der Waals surface area contributed by atoms with Gasteiger partial charge in [-0.2, -0.15) is 0 Å². The van der Waals surface area contributed by atoms with E-state index in [0.717, 1.165) is 31.1 Å². The minimum atomic E-state index is 0. The number of nitrogens with one attached hydrogen (secondary N) is 2. The largest absolute Gasteiger partial charge is 0.495 e. The zero-order valence-corrected chi connectivity index (χ0v) is 13.9. The minimum Gasteiger partial charge on any atom is -0.495 e. The molecule has 1 atom stereocenters. The molecule has 1 fully saturated rings. The lowest BCUT2D eigenvalue weighted by Crippen LogP contribution is -2.53. The fourth-order valence-electron chi connectivity index (χ4n) is 2.27. The molecule has 2 N–H and O–H groups in total. The van der Waals surface area contributed by atoms with Crippen LogP contribution in [0.25, 0.3) is 0 Å². The number of hydrogen-bond acceptors (Lipinski definition) is 4.